The van der Waals surface area contributed by atoms with Crippen molar-refractivity contribution in [3.8, 4) is 0 Å². The van der Waals surface area contributed by atoms with E-state index in [-0.39, 0.29) is 24.8 Å². The third-order valence-corrected chi connectivity index (χ3v) is 2.70. The highest BCUT2D eigenvalue weighted by atomic mass is 35.5. The normalized spacial score (nSPS) is 26.8. The summed E-state index contributed by atoms with van der Waals surface area (Å²) >= 11 is 0. The van der Waals surface area contributed by atoms with E-state index < -0.39 is 0 Å². The van der Waals surface area contributed by atoms with Gasteiger partial charge in [-0.1, -0.05) is 6.92 Å². The van der Waals surface area contributed by atoms with Crippen LogP contribution in [0.4, 0.5) is 0 Å². The Balaban J connectivity index is 0. The third kappa shape index (κ3) is 3.48. The van der Waals surface area contributed by atoms with Crippen LogP contribution in [-0.4, -0.2) is 44.3 Å². The summed E-state index contributed by atoms with van der Waals surface area (Å²) in [6.07, 6.45) is 1.29. The van der Waals surface area contributed by atoms with Crippen molar-refractivity contribution >= 4 is 12.4 Å². The van der Waals surface area contributed by atoms with Crippen LogP contribution in [0.2, 0.25) is 0 Å². The molecule has 0 aromatic heterocycles. The van der Waals surface area contributed by atoms with E-state index in [1.807, 2.05) is 0 Å². The van der Waals surface area contributed by atoms with Crippen molar-refractivity contribution in [1.29, 1.82) is 0 Å². The molecule has 0 aromatic rings. The van der Waals surface area contributed by atoms with E-state index in [1.165, 1.54) is 30.5 Å². The lowest BCUT2D eigenvalue weighted by atomic mass is 10.1. The van der Waals surface area contributed by atoms with Crippen LogP contribution >= 0.6 is 12.4 Å². The molecule has 2 nitrogen and oxygen atoms in total. The Morgan fingerprint density at radius 2 is 2.00 bits per heavy atom. The minimum atomic E-state index is 0. The van der Waals surface area contributed by atoms with Crippen molar-refractivity contribution in [3.05, 3.63) is 0 Å². The number of likely N-dealkylation sites (N-methyl/N-ethyl adjacent to an activating group) is 1. The number of hydrogen-bond acceptors (Lipinski definition) is 1. The van der Waals surface area contributed by atoms with Gasteiger partial charge in [-0.2, -0.15) is 0 Å². The summed E-state index contributed by atoms with van der Waals surface area (Å²) in [5.74, 6) is 0. The molecule has 0 aromatic carbocycles. The molecular formula is C8H20Cl2N2. The molecule has 0 bridgehead atoms. The van der Waals surface area contributed by atoms with Crippen molar-refractivity contribution in [1.82, 2.24) is 5.32 Å². The summed E-state index contributed by atoms with van der Waals surface area (Å²) in [5, 5.41) is 3.43. The Morgan fingerprint density at radius 3 is 2.33 bits per heavy atom. The van der Waals surface area contributed by atoms with E-state index in [0.29, 0.717) is 0 Å². The predicted molar refractivity (Wildman–Crippen MR) is 51.2 cm³/mol. The lowest BCUT2D eigenvalue weighted by Crippen LogP contribution is -3.00. The fraction of sp³-hybridized carbons (Fsp3) is 1.00. The lowest BCUT2D eigenvalue weighted by molar-refractivity contribution is -0.917. The van der Waals surface area contributed by atoms with Gasteiger partial charge in [0.05, 0.1) is 20.6 Å². The van der Waals surface area contributed by atoms with Crippen molar-refractivity contribution in [3.63, 3.8) is 0 Å². The van der Waals surface area contributed by atoms with Gasteiger partial charge in [-0.05, 0) is 6.42 Å². The zero-order chi connectivity index (χ0) is 7.61. The molecule has 1 atom stereocenters. The average molecular weight is 215 g/mol. The monoisotopic (exact) mass is 214 g/mol. The van der Waals surface area contributed by atoms with Crippen LogP contribution in [-0.2, 0) is 0 Å². The second-order valence-corrected chi connectivity index (χ2v) is 3.77. The third-order valence-electron chi connectivity index (χ3n) is 2.70. The average Bonchev–Trinajstić information content (AvgIpc) is 1.87. The van der Waals surface area contributed by atoms with Gasteiger partial charge in [0.2, 0.25) is 0 Å². The number of piperazine rings is 1. The van der Waals surface area contributed by atoms with E-state index >= 15 is 0 Å². The number of rotatable bonds is 1. The van der Waals surface area contributed by atoms with Gasteiger partial charge in [-0.3, -0.25) is 0 Å². The molecule has 0 aliphatic carbocycles. The van der Waals surface area contributed by atoms with E-state index in [9.17, 15) is 0 Å². The molecule has 12 heavy (non-hydrogen) atoms. The summed E-state index contributed by atoms with van der Waals surface area (Å²) in [4.78, 5) is 0. The van der Waals surface area contributed by atoms with Crippen LogP contribution in [0.15, 0.2) is 0 Å². The van der Waals surface area contributed by atoms with Crippen LogP contribution in [0.3, 0.4) is 0 Å². The SMILES string of the molecule is CCC1CNCC[N+]1(C)C.Cl.[Cl-]. The van der Waals surface area contributed by atoms with Gasteiger partial charge >= 0.3 is 0 Å². The van der Waals surface area contributed by atoms with Gasteiger partial charge in [0.15, 0.2) is 0 Å². The number of halogens is 2. The largest absolute Gasteiger partial charge is 1.00 e. The smallest absolute Gasteiger partial charge is 0.101 e. The number of nitrogens with one attached hydrogen (secondary N) is 1. The molecule has 76 valence electrons. The maximum Gasteiger partial charge on any atom is 0.101 e. The van der Waals surface area contributed by atoms with Gasteiger partial charge < -0.3 is 22.2 Å². The summed E-state index contributed by atoms with van der Waals surface area (Å²) in [7, 11) is 4.66. The quantitative estimate of drug-likeness (QED) is 0.493. The van der Waals surface area contributed by atoms with Crippen LogP contribution < -0.4 is 17.7 Å². The fourth-order valence-corrected chi connectivity index (χ4v) is 1.70. The van der Waals surface area contributed by atoms with Crippen molar-refractivity contribution < 1.29 is 16.9 Å². The second kappa shape index (κ2) is 6.03. The Labute approximate surface area is 88.1 Å². The zero-order valence-corrected chi connectivity index (χ0v) is 9.71. The Hall–Kier alpha value is 0.500. The number of nitrogens with zero attached hydrogens (tertiary/aromatic N) is 1. The van der Waals surface area contributed by atoms with E-state index in [2.05, 4.69) is 26.3 Å². The maximum absolute atomic E-state index is 3.43. The minimum absolute atomic E-state index is 0. The first-order valence-electron chi connectivity index (χ1n) is 4.20. The van der Waals surface area contributed by atoms with Crippen LogP contribution in [0.5, 0.6) is 0 Å². The molecule has 4 heteroatoms. The Bertz CT molecular complexity index is 118. The highest BCUT2D eigenvalue weighted by Gasteiger charge is 2.28. The van der Waals surface area contributed by atoms with Crippen LogP contribution in [0.25, 0.3) is 0 Å². The molecule has 1 N–H and O–H groups in total. The maximum atomic E-state index is 3.43. The molecule has 1 heterocycles. The summed E-state index contributed by atoms with van der Waals surface area (Å²) < 4.78 is 1.20. The standard InChI is InChI=1S/C8H19N2.2ClH/c1-4-8-7-9-5-6-10(8,2)3;;/h8-9H,4-7H2,1-3H3;2*1H/q+1;;/p-1. The Morgan fingerprint density at radius 1 is 1.42 bits per heavy atom. The molecule has 1 saturated heterocycles. The van der Waals surface area contributed by atoms with Gasteiger partial charge in [-0.25, -0.2) is 0 Å². The van der Waals surface area contributed by atoms with Gasteiger partial charge in [0.1, 0.15) is 6.04 Å². The lowest BCUT2D eigenvalue weighted by Gasteiger charge is -2.41. The molecule has 1 aliphatic rings. The summed E-state index contributed by atoms with van der Waals surface area (Å²) in [5.41, 5.74) is 0. The minimum Gasteiger partial charge on any atom is -1.00 e. The van der Waals surface area contributed by atoms with Crippen LogP contribution in [0, 0.1) is 0 Å². The fourth-order valence-electron chi connectivity index (χ4n) is 1.70. The first-order chi connectivity index (χ1) is 4.67. The molecule has 1 fully saturated rings. The van der Waals surface area contributed by atoms with Crippen molar-refractivity contribution in [2.24, 2.45) is 0 Å². The predicted octanol–water partition coefficient (Wildman–Crippen LogP) is -2.13. The molecule has 0 saturated carbocycles. The first kappa shape index (κ1) is 15.0. The van der Waals surface area contributed by atoms with Crippen molar-refractivity contribution in [2.45, 2.75) is 19.4 Å². The van der Waals surface area contributed by atoms with Crippen molar-refractivity contribution in [2.75, 3.05) is 33.7 Å². The summed E-state index contributed by atoms with van der Waals surface area (Å²) in [6.45, 7) is 5.93. The molecule has 1 aliphatic heterocycles. The number of hydrogen-bond donors (Lipinski definition) is 1. The van der Waals surface area contributed by atoms with Gasteiger partial charge in [0.25, 0.3) is 0 Å². The molecular weight excluding hydrogens is 195 g/mol. The van der Waals surface area contributed by atoms with Crippen LogP contribution in [0.1, 0.15) is 13.3 Å². The first-order valence-corrected chi connectivity index (χ1v) is 4.20. The van der Waals surface area contributed by atoms with Gasteiger partial charge in [0, 0.05) is 13.1 Å². The molecule has 0 radical (unpaired) electrons. The zero-order valence-electron chi connectivity index (χ0n) is 8.14. The highest BCUT2D eigenvalue weighted by Crippen LogP contribution is 2.11. The summed E-state index contributed by atoms with van der Waals surface area (Å²) in [6, 6.07) is 0.828. The van der Waals surface area contributed by atoms with Gasteiger partial charge in [-0.15, -0.1) is 12.4 Å². The highest BCUT2D eigenvalue weighted by molar-refractivity contribution is 5.85. The van der Waals surface area contributed by atoms with E-state index in [0.717, 1.165) is 6.04 Å². The topological polar surface area (TPSA) is 12.0 Å². The number of quaternary nitrogens is 1. The molecule has 1 rings (SSSR count). The Kier molecular flexibility index (Phi) is 7.54. The molecule has 0 spiro atoms. The van der Waals surface area contributed by atoms with E-state index in [1.54, 1.807) is 0 Å². The van der Waals surface area contributed by atoms with E-state index in [4.69, 9.17) is 0 Å². The molecule has 1 unspecified atom stereocenters. The molecule has 0 amide bonds. The second-order valence-electron chi connectivity index (χ2n) is 3.77.